The maximum atomic E-state index is 14.1. The average Bonchev–Trinajstić information content (AvgIpc) is 3.34. The number of carbonyl (C=O) groups is 2. The van der Waals surface area contributed by atoms with Crippen molar-refractivity contribution in [2.45, 2.75) is 99.3 Å². The Balaban J connectivity index is 1.41. The SMILES string of the molecule is C=C(C)[C@H]1CCC2(C(=O)OC)CC[C@@]3(C)C(CCC4[C@]5(C)C/C(=C/c6ccc(Cl)cc6)C(=O)C(C)(C)C5CC[C@@]43C)C12. The highest BCUT2D eigenvalue weighted by Crippen LogP contribution is 2.77. The van der Waals surface area contributed by atoms with Gasteiger partial charge in [0.2, 0.25) is 0 Å². The number of Topliss-reactive ketones (excluding diaryl/α,β-unsaturated/α-hetero) is 1. The first-order valence-corrected chi connectivity index (χ1v) is 16.8. The summed E-state index contributed by atoms with van der Waals surface area (Å²) >= 11 is 6.18. The van der Waals surface area contributed by atoms with Crippen molar-refractivity contribution < 1.29 is 14.3 Å². The lowest BCUT2D eigenvalue weighted by atomic mass is 9.32. The zero-order chi connectivity index (χ0) is 30.5. The summed E-state index contributed by atoms with van der Waals surface area (Å²) in [6.45, 7) is 18.8. The minimum Gasteiger partial charge on any atom is -0.469 e. The number of rotatable bonds is 3. The number of ether oxygens (including phenoxy) is 1. The van der Waals surface area contributed by atoms with E-state index in [4.69, 9.17) is 16.3 Å². The second-order valence-electron chi connectivity index (χ2n) is 16.3. The van der Waals surface area contributed by atoms with Crippen molar-refractivity contribution in [2.75, 3.05) is 7.11 Å². The van der Waals surface area contributed by atoms with Crippen LogP contribution in [-0.4, -0.2) is 18.9 Å². The molecule has 5 unspecified atom stereocenters. The lowest BCUT2D eigenvalue weighted by molar-refractivity contribution is -0.232. The van der Waals surface area contributed by atoms with Crippen LogP contribution in [0.25, 0.3) is 6.08 Å². The van der Waals surface area contributed by atoms with E-state index in [0.29, 0.717) is 40.4 Å². The second-order valence-corrected chi connectivity index (χ2v) is 16.7. The largest absolute Gasteiger partial charge is 0.469 e. The van der Waals surface area contributed by atoms with Crippen LogP contribution in [0.2, 0.25) is 5.02 Å². The number of hydrogen-bond donors (Lipinski definition) is 0. The van der Waals surface area contributed by atoms with Crippen LogP contribution in [0.1, 0.15) is 105 Å². The molecule has 5 aliphatic rings. The summed E-state index contributed by atoms with van der Waals surface area (Å²) in [5, 5.41) is 0.715. The van der Waals surface area contributed by atoms with E-state index in [1.807, 2.05) is 24.3 Å². The molecule has 3 nitrogen and oxygen atoms in total. The first kappa shape index (κ1) is 30.2. The molecule has 0 N–H and O–H groups in total. The highest BCUT2D eigenvalue weighted by Gasteiger charge is 2.72. The number of methoxy groups -OCH3 is 1. The Morgan fingerprint density at radius 2 is 1.62 bits per heavy atom. The Morgan fingerprint density at radius 1 is 0.929 bits per heavy atom. The van der Waals surface area contributed by atoms with E-state index >= 15 is 0 Å². The molecule has 228 valence electrons. The Bertz CT molecular complexity index is 1340. The van der Waals surface area contributed by atoms with Crippen LogP contribution >= 0.6 is 11.6 Å². The van der Waals surface area contributed by atoms with Gasteiger partial charge in [0, 0.05) is 10.4 Å². The zero-order valence-electron chi connectivity index (χ0n) is 26.9. The topological polar surface area (TPSA) is 43.4 Å². The van der Waals surface area contributed by atoms with Crippen LogP contribution in [0.15, 0.2) is 42.0 Å². The highest BCUT2D eigenvalue weighted by molar-refractivity contribution is 6.30. The molecule has 6 rings (SSSR count). The number of esters is 1. The molecular formula is C38H51ClO3. The van der Waals surface area contributed by atoms with Crippen molar-refractivity contribution in [3.05, 3.63) is 52.6 Å². The molecule has 5 aliphatic carbocycles. The maximum Gasteiger partial charge on any atom is 0.312 e. The highest BCUT2D eigenvalue weighted by atomic mass is 35.5. The molecule has 0 bridgehead atoms. The van der Waals surface area contributed by atoms with Gasteiger partial charge in [-0.05, 0) is 140 Å². The van der Waals surface area contributed by atoms with Gasteiger partial charge in [-0.25, -0.2) is 0 Å². The number of carbonyl (C=O) groups excluding carboxylic acids is 2. The van der Waals surface area contributed by atoms with E-state index < -0.39 is 5.41 Å². The summed E-state index contributed by atoms with van der Waals surface area (Å²) in [5.74, 6) is 2.42. The molecule has 0 spiro atoms. The van der Waals surface area contributed by atoms with Gasteiger partial charge in [0.15, 0.2) is 5.78 Å². The molecule has 5 saturated carbocycles. The number of allylic oxidation sites excluding steroid dienone is 2. The molecule has 0 heterocycles. The fourth-order valence-corrected chi connectivity index (χ4v) is 12.6. The Morgan fingerprint density at radius 3 is 2.26 bits per heavy atom. The van der Waals surface area contributed by atoms with Gasteiger partial charge in [0.05, 0.1) is 12.5 Å². The Hall–Kier alpha value is -1.87. The van der Waals surface area contributed by atoms with Crippen molar-refractivity contribution in [1.82, 2.24) is 0 Å². The van der Waals surface area contributed by atoms with Gasteiger partial charge in [-0.2, -0.15) is 0 Å². The van der Waals surface area contributed by atoms with Gasteiger partial charge in [-0.3, -0.25) is 9.59 Å². The first-order valence-electron chi connectivity index (χ1n) is 16.4. The minimum atomic E-state index is -0.395. The molecular weight excluding hydrogens is 540 g/mol. The lowest BCUT2D eigenvalue weighted by Crippen LogP contribution is -2.67. The number of halogens is 1. The molecule has 9 atom stereocenters. The predicted molar refractivity (Wildman–Crippen MR) is 171 cm³/mol. The van der Waals surface area contributed by atoms with E-state index in [1.165, 1.54) is 12.0 Å². The molecule has 0 amide bonds. The first-order chi connectivity index (χ1) is 19.7. The van der Waals surface area contributed by atoms with Crippen LogP contribution in [0, 0.1) is 56.7 Å². The molecule has 5 fully saturated rings. The molecule has 0 aromatic heterocycles. The van der Waals surface area contributed by atoms with Crippen LogP contribution in [0.4, 0.5) is 0 Å². The van der Waals surface area contributed by atoms with Crippen molar-refractivity contribution >= 4 is 29.4 Å². The van der Waals surface area contributed by atoms with E-state index in [2.05, 4.69) is 54.2 Å². The number of benzene rings is 1. The van der Waals surface area contributed by atoms with Gasteiger partial charge in [-0.1, -0.05) is 70.5 Å². The van der Waals surface area contributed by atoms with Crippen LogP contribution < -0.4 is 0 Å². The molecule has 0 saturated heterocycles. The Labute approximate surface area is 258 Å². The van der Waals surface area contributed by atoms with Gasteiger partial charge >= 0.3 is 5.97 Å². The third-order valence-electron chi connectivity index (χ3n) is 14.5. The van der Waals surface area contributed by atoms with Crippen LogP contribution in [0.3, 0.4) is 0 Å². The monoisotopic (exact) mass is 590 g/mol. The van der Waals surface area contributed by atoms with Gasteiger partial charge in [-0.15, -0.1) is 0 Å². The predicted octanol–water partition coefficient (Wildman–Crippen LogP) is 9.73. The average molecular weight is 591 g/mol. The normalized spacial score (nSPS) is 44.9. The molecule has 4 heteroatoms. The molecule has 0 radical (unpaired) electrons. The number of hydrogen-bond acceptors (Lipinski definition) is 3. The summed E-state index contributed by atoms with van der Waals surface area (Å²) in [7, 11) is 1.58. The summed E-state index contributed by atoms with van der Waals surface area (Å²) in [6, 6.07) is 7.87. The zero-order valence-corrected chi connectivity index (χ0v) is 27.7. The molecule has 0 aliphatic heterocycles. The summed E-state index contributed by atoms with van der Waals surface area (Å²) in [5.41, 5.74) is 2.83. The van der Waals surface area contributed by atoms with E-state index in [9.17, 15) is 9.59 Å². The van der Waals surface area contributed by atoms with Gasteiger partial charge in [0.1, 0.15) is 0 Å². The summed E-state index contributed by atoms with van der Waals surface area (Å²) in [6.07, 6.45) is 11.5. The third-order valence-corrected chi connectivity index (χ3v) is 14.7. The Kier molecular flexibility index (Phi) is 7.05. The van der Waals surface area contributed by atoms with Crippen molar-refractivity contribution in [3.8, 4) is 0 Å². The minimum absolute atomic E-state index is 0.0192. The van der Waals surface area contributed by atoms with Crippen LogP contribution in [-0.2, 0) is 14.3 Å². The fourth-order valence-electron chi connectivity index (χ4n) is 12.4. The summed E-state index contributed by atoms with van der Waals surface area (Å²) in [4.78, 5) is 27.6. The fraction of sp³-hybridized carbons (Fsp3) is 0.684. The third kappa shape index (κ3) is 3.90. The number of fused-ring (bicyclic) bond motifs is 7. The second kappa shape index (κ2) is 9.82. The van der Waals surface area contributed by atoms with Crippen molar-refractivity contribution in [1.29, 1.82) is 0 Å². The molecule has 1 aromatic carbocycles. The smallest absolute Gasteiger partial charge is 0.312 e. The summed E-state index contributed by atoms with van der Waals surface area (Å²) < 4.78 is 5.54. The maximum absolute atomic E-state index is 14.1. The quantitative estimate of drug-likeness (QED) is 0.200. The standard InChI is InChI=1S/C38H51ClO3/c1-23(2)27-15-18-38(33(41)42-8)20-19-36(6)28(31(27)38)13-14-30-35(5)22-25(21-24-9-11-26(39)12-10-24)32(40)34(3,4)29(35)16-17-37(30,36)7/h9-12,21,27-31H,1,13-20,22H2,2-8H3/b25-21-/t27-,28?,29?,30?,31?,35-,36+,37+,38?/m1/s1. The van der Waals surface area contributed by atoms with Crippen LogP contribution in [0.5, 0.6) is 0 Å². The van der Waals surface area contributed by atoms with E-state index in [1.54, 1.807) is 7.11 Å². The lowest BCUT2D eigenvalue weighted by Gasteiger charge is -2.72. The van der Waals surface area contributed by atoms with Gasteiger partial charge in [0.25, 0.3) is 0 Å². The number of ketones is 1. The van der Waals surface area contributed by atoms with E-state index in [-0.39, 0.29) is 27.6 Å². The van der Waals surface area contributed by atoms with E-state index in [0.717, 1.165) is 62.5 Å². The molecule has 42 heavy (non-hydrogen) atoms. The molecule has 1 aromatic rings. The van der Waals surface area contributed by atoms with Gasteiger partial charge < -0.3 is 4.74 Å². The van der Waals surface area contributed by atoms with Crippen molar-refractivity contribution in [2.24, 2.45) is 56.7 Å². The van der Waals surface area contributed by atoms with Crippen molar-refractivity contribution in [3.63, 3.8) is 0 Å².